The van der Waals surface area contributed by atoms with Gasteiger partial charge in [0.1, 0.15) is 0 Å². The molecule has 0 bridgehead atoms. The molecule has 3 rings (SSSR count). The molecule has 1 amide bonds. The summed E-state index contributed by atoms with van der Waals surface area (Å²) in [4.78, 5) is 12.6. The van der Waals surface area contributed by atoms with E-state index >= 15 is 0 Å². The molecule has 0 radical (unpaired) electrons. The van der Waals surface area contributed by atoms with Crippen LogP contribution < -0.4 is 5.32 Å². The van der Waals surface area contributed by atoms with Gasteiger partial charge in [0.15, 0.2) is 0 Å². The van der Waals surface area contributed by atoms with Crippen molar-refractivity contribution in [1.29, 1.82) is 0 Å². The zero-order valence-electron chi connectivity index (χ0n) is 11.0. The van der Waals surface area contributed by atoms with Crippen LogP contribution in [0.4, 0.5) is 5.69 Å². The van der Waals surface area contributed by atoms with Gasteiger partial charge in [-0.25, -0.2) is 0 Å². The molecular weight excluding hydrogens is 329 g/mol. The molecule has 21 heavy (non-hydrogen) atoms. The molecule has 0 spiro atoms. The highest BCUT2D eigenvalue weighted by atomic mass is 35.5. The molecule has 0 aromatic heterocycles. The number of hydrogen-bond donors (Lipinski definition) is 1. The number of carbonyl (C=O) groups is 1. The molecule has 1 aliphatic rings. The van der Waals surface area contributed by atoms with Crippen LogP contribution in [0.3, 0.4) is 0 Å². The van der Waals surface area contributed by atoms with E-state index in [-0.39, 0.29) is 5.91 Å². The van der Waals surface area contributed by atoms with E-state index in [0.717, 1.165) is 18.4 Å². The van der Waals surface area contributed by atoms with Gasteiger partial charge in [0.25, 0.3) is 0 Å². The maximum Gasteiger partial charge on any atom is 0.235 e. The summed E-state index contributed by atoms with van der Waals surface area (Å²) in [5.74, 6) is -0.0751. The van der Waals surface area contributed by atoms with E-state index in [0.29, 0.717) is 20.8 Å². The molecule has 2 nitrogen and oxygen atoms in total. The molecule has 1 saturated carbocycles. The van der Waals surface area contributed by atoms with Gasteiger partial charge in [0.2, 0.25) is 5.91 Å². The van der Waals surface area contributed by atoms with Crippen molar-refractivity contribution < 1.29 is 4.79 Å². The zero-order chi connectivity index (χ0) is 15.0. The third kappa shape index (κ3) is 2.89. The lowest BCUT2D eigenvalue weighted by atomic mass is 9.95. The summed E-state index contributed by atoms with van der Waals surface area (Å²) in [6, 6.07) is 12.4. The largest absolute Gasteiger partial charge is 0.324 e. The molecule has 0 aliphatic heterocycles. The van der Waals surface area contributed by atoms with Crippen LogP contribution in [-0.4, -0.2) is 5.91 Å². The standard InChI is InChI=1S/C16H12Cl3NO/c17-11-3-1-2-10(8-11)16(6-7-16)15(21)20-14-9-12(18)4-5-13(14)19/h1-5,8-9H,6-7H2,(H,20,21). The highest BCUT2D eigenvalue weighted by Crippen LogP contribution is 2.49. The number of anilines is 1. The van der Waals surface area contributed by atoms with Gasteiger partial charge in [-0.3, -0.25) is 4.79 Å². The summed E-state index contributed by atoms with van der Waals surface area (Å²) in [6.45, 7) is 0. The minimum atomic E-state index is -0.503. The first kappa shape index (κ1) is 14.7. The van der Waals surface area contributed by atoms with Crippen molar-refractivity contribution in [3.05, 3.63) is 63.1 Å². The van der Waals surface area contributed by atoms with Crippen LogP contribution in [0, 0.1) is 0 Å². The van der Waals surface area contributed by atoms with Gasteiger partial charge < -0.3 is 5.32 Å². The van der Waals surface area contributed by atoms with E-state index in [2.05, 4.69) is 5.32 Å². The average Bonchev–Trinajstić information content (AvgIpc) is 3.24. The first-order chi connectivity index (χ1) is 10.0. The van der Waals surface area contributed by atoms with Crippen LogP contribution in [0.5, 0.6) is 0 Å². The van der Waals surface area contributed by atoms with Crippen molar-refractivity contribution in [2.24, 2.45) is 0 Å². The molecule has 1 fully saturated rings. The lowest BCUT2D eigenvalue weighted by molar-refractivity contribution is -0.118. The SMILES string of the molecule is O=C(Nc1cc(Cl)ccc1Cl)C1(c2cccc(Cl)c2)CC1. The van der Waals surface area contributed by atoms with Crippen LogP contribution >= 0.6 is 34.8 Å². The Hall–Kier alpha value is -1.22. The highest BCUT2D eigenvalue weighted by molar-refractivity contribution is 6.35. The lowest BCUT2D eigenvalue weighted by Gasteiger charge is -2.17. The summed E-state index contributed by atoms with van der Waals surface area (Å²) in [5.41, 5.74) is 0.962. The Morgan fingerprint density at radius 3 is 2.38 bits per heavy atom. The number of carbonyl (C=O) groups excluding carboxylic acids is 1. The number of nitrogens with one attached hydrogen (secondary N) is 1. The monoisotopic (exact) mass is 339 g/mol. The van der Waals surface area contributed by atoms with Crippen molar-refractivity contribution >= 4 is 46.4 Å². The molecule has 2 aromatic carbocycles. The second-order valence-electron chi connectivity index (χ2n) is 5.17. The minimum Gasteiger partial charge on any atom is -0.324 e. The Morgan fingerprint density at radius 2 is 1.71 bits per heavy atom. The van der Waals surface area contributed by atoms with Gasteiger partial charge in [0, 0.05) is 10.0 Å². The third-order valence-electron chi connectivity index (χ3n) is 3.74. The molecular formula is C16H12Cl3NO. The van der Waals surface area contributed by atoms with E-state index < -0.39 is 5.41 Å². The molecule has 0 unspecified atom stereocenters. The second-order valence-corrected chi connectivity index (χ2v) is 6.45. The van der Waals surface area contributed by atoms with E-state index in [1.807, 2.05) is 18.2 Å². The van der Waals surface area contributed by atoms with Gasteiger partial charge in [-0.15, -0.1) is 0 Å². The predicted molar refractivity (Wildman–Crippen MR) is 87.5 cm³/mol. The summed E-state index contributed by atoms with van der Waals surface area (Å²) >= 11 is 18.0. The van der Waals surface area contributed by atoms with Crippen molar-refractivity contribution in [2.45, 2.75) is 18.3 Å². The molecule has 1 aliphatic carbocycles. The van der Waals surface area contributed by atoms with Crippen LogP contribution in [-0.2, 0) is 10.2 Å². The first-order valence-electron chi connectivity index (χ1n) is 6.54. The fourth-order valence-electron chi connectivity index (χ4n) is 2.39. The smallest absolute Gasteiger partial charge is 0.235 e. The predicted octanol–water partition coefficient (Wildman–Crippen LogP) is 5.32. The number of hydrogen-bond acceptors (Lipinski definition) is 1. The molecule has 0 atom stereocenters. The van der Waals surface area contributed by atoms with Crippen molar-refractivity contribution in [2.75, 3.05) is 5.32 Å². The van der Waals surface area contributed by atoms with Crippen molar-refractivity contribution in [1.82, 2.24) is 0 Å². The molecule has 2 aromatic rings. The Balaban J connectivity index is 1.87. The van der Waals surface area contributed by atoms with Crippen LogP contribution in [0.2, 0.25) is 15.1 Å². The van der Waals surface area contributed by atoms with E-state index in [1.165, 1.54) is 0 Å². The fourth-order valence-corrected chi connectivity index (χ4v) is 2.92. The van der Waals surface area contributed by atoms with Gasteiger partial charge in [0.05, 0.1) is 16.1 Å². The summed E-state index contributed by atoms with van der Waals surface area (Å²) < 4.78 is 0. The van der Waals surface area contributed by atoms with Crippen LogP contribution in [0.25, 0.3) is 0 Å². The molecule has 108 valence electrons. The molecule has 5 heteroatoms. The zero-order valence-corrected chi connectivity index (χ0v) is 13.3. The highest BCUT2D eigenvalue weighted by Gasteiger charge is 2.51. The quantitative estimate of drug-likeness (QED) is 0.805. The maximum atomic E-state index is 12.6. The third-order valence-corrected chi connectivity index (χ3v) is 4.54. The van der Waals surface area contributed by atoms with E-state index in [1.54, 1.807) is 24.3 Å². The van der Waals surface area contributed by atoms with Gasteiger partial charge in [-0.05, 0) is 48.7 Å². The minimum absolute atomic E-state index is 0.0751. The number of rotatable bonds is 3. The van der Waals surface area contributed by atoms with Gasteiger partial charge >= 0.3 is 0 Å². The Bertz CT molecular complexity index is 710. The molecule has 0 heterocycles. The van der Waals surface area contributed by atoms with Gasteiger partial charge in [-0.1, -0.05) is 46.9 Å². The summed E-state index contributed by atoms with van der Waals surface area (Å²) in [5, 5.41) is 4.50. The topological polar surface area (TPSA) is 29.1 Å². The average molecular weight is 341 g/mol. The van der Waals surface area contributed by atoms with Crippen LogP contribution in [0.15, 0.2) is 42.5 Å². The number of benzene rings is 2. The second kappa shape index (κ2) is 5.53. The number of amides is 1. The number of halogens is 3. The Kier molecular flexibility index (Phi) is 3.87. The first-order valence-corrected chi connectivity index (χ1v) is 7.67. The summed E-state index contributed by atoms with van der Waals surface area (Å²) in [7, 11) is 0. The van der Waals surface area contributed by atoms with Crippen molar-refractivity contribution in [3.8, 4) is 0 Å². The molecule has 1 N–H and O–H groups in total. The van der Waals surface area contributed by atoms with E-state index in [4.69, 9.17) is 34.8 Å². The van der Waals surface area contributed by atoms with E-state index in [9.17, 15) is 4.79 Å². The van der Waals surface area contributed by atoms with Crippen LogP contribution in [0.1, 0.15) is 18.4 Å². The Labute approximate surface area is 138 Å². The maximum absolute atomic E-state index is 12.6. The van der Waals surface area contributed by atoms with Crippen molar-refractivity contribution in [3.63, 3.8) is 0 Å². The Morgan fingerprint density at radius 1 is 1.00 bits per heavy atom. The van der Waals surface area contributed by atoms with Gasteiger partial charge in [-0.2, -0.15) is 0 Å². The molecule has 0 saturated heterocycles. The lowest BCUT2D eigenvalue weighted by Crippen LogP contribution is -2.27. The normalized spacial score (nSPS) is 15.6. The fraction of sp³-hybridized carbons (Fsp3) is 0.188. The summed E-state index contributed by atoms with van der Waals surface area (Å²) in [6.07, 6.45) is 1.61.